The molecule has 0 spiro atoms. The number of nitrogens with two attached hydrogens (primary N) is 1. The quantitative estimate of drug-likeness (QED) is 0.664. The molecule has 1 unspecified atom stereocenters. The van der Waals surface area contributed by atoms with Crippen molar-refractivity contribution < 1.29 is 19.1 Å². The highest BCUT2D eigenvalue weighted by molar-refractivity contribution is 5.77. The minimum Gasteiger partial charge on any atom is -0.481 e. The highest BCUT2D eigenvalue weighted by Crippen LogP contribution is 2.31. The Morgan fingerprint density at radius 3 is 2.44 bits per heavy atom. The minimum absolute atomic E-state index is 0.160. The highest BCUT2D eigenvalue weighted by atomic mass is 16.4. The summed E-state index contributed by atoms with van der Waals surface area (Å²) >= 11 is 0. The van der Waals surface area contributed by atoms with Gasteiger partial charge in [-0.05, 0) is 22.3 Å². The van der Waals surface area contributed by atoms with Crippen LogP contribution in [0.4, 0.5) is 0 Å². The average Bonchev–Trinajstić information content (AvgIpc) is 3.05. The summed E-state index contributed by atoms with van der Waals surface area (Å²) in [7, 11) is 0. The lowest BCUT2D eigenvalue weighted by molar-refractivity contribution is -0.137. The summed E-state index contributed by atoms with van der Waals surface area (Å²) in [6, 6.07) is 15.0. The molecule has 1 amide bonds. The number of carboxylic acids is 1. The summed E-state index contributed by atoms with van der Waals surface area (Å²) in [6.45, 7) is 1.66. The van der Waals surface area contributed by atoms with Gasteiger partial charge in [-0.3, -0.25) is 9.59 Å². The van der Waals surface area contributed by atoms with E-state index >= 15 is 0 Å². The molecular formula is C20H19N3O4. The van der Waals surface area contributed by atoms with Crippen LogP contribution in [0.3, 0.4) is 0 Å². The highest BCUT2D eigenvalue weighted by Gasteiger charge is 2.23. The zero-order valence-electron chi connectivity index (χ0n) is 14.8. The summed E-state index contributed by atoms with van der Waals surface area (Å²) in [6.07, 6.45) is 0.00321. The van der Waals surface area contributed by atoms with Crippen LogP contribution in [0.1, 0.15) is 35.2 Å². The van der Waals surface area contributed by atoms with Gasteiger partial charge in [0.1, 0.15) is 0 Å². The Kier molecular flexibility index (Phi) is 5.30. The number of aromatic nitrogens is 2. The van der Waals surface area contributed by atoms with Crippen LogP contribution in [0.2, 0.25) is 0 Å². The number of amides is 1. The lowest BCUT2D eigenvalue weighted by Crippen LogP contribution is -2.13. The summed E-state index contributed by atoms with van der Waals surface area (Å²) in [5, 5.41) is 17.1. The van der Waals surface area contributed by atoms with E-state index in [4.69, 9.17) is 10.2 Å². The van der Waals surface area contributed by atoms with Gasteiger partial charge in [-0.1, -0.05) is 48.5 Å². The Morgan fingerprint density at radius 1 is 1.11 bits per heavy atom. The lowest BCUT2D eigenvalue weighted by Gasteiger charge is -2.13. The van der Waals surface area contributed by atoms with Gasteiger partial charge in [0, 0.05) is 6.92 Å². The molecule has 0 radical (unpaired) electrons. The molecule has 1 heterocycles. The maximum Gasteiger partial charge on any atom is 0.304 e. The minimum atomic E-state index is -0.954. The number of carbonyl (C=O) groups excluding carboxylic acids is 1. The fraction of sp³-hybridized carbons (Fsp3) is 0.200. The van der Waals surface area contributed by atoms with E-state index in [-0.39, 0.29) is 18.7 Å². The molecule has 7 nitrogen and oxygen atoms in total. The molecule has 2 aromatic carbocycles. The van der Waals surface area contributed by atoms with E-state index in [0.29, 0.717) is 5.89 Å². The van der Waals surface area contributed by atoms with Crippen LogP contribution in [0.25, 0.3) is 11.1 Å². The number of rotatable bonds is 7. The van der Waals surface area contributed by atoms with Gasteiger partial charge < -0.3 is 15.3 Å². The van der Waals surface area contributed by atoms with E-state index in [1.54, 1.807) is 6.92 Å². The molecule has 1 atom stereocenters. The lowest BCUT2D eigenvalue weighted by atomic mass is 9.92. The van der Waals surface area contributed by atoms with Crippen LogP contribution in [0, 0.1) is 6.92 Å². The Balaban J connectivity index is 1.98. The van der Waals surface area contributed by atoms with Gasteiger partial charge >= 0.3 is 5.97 Å². The van der Waals surface area contributed by atoms with Crippen molar-refractivity contribution in [3.63, 3.8) is 0 Å². The van der Waals surface area contributed by atoms with Crippen LogP contribution in [-0.2, 0) is 16.0 Å². The Bertz CT molecular complexity index is 981. The first-order valence-corrected chi connectivity index (χ1v) is 8.41. The number of hydrogen-bond donors (Lipinski definition) is 2. The molecule has 3 aromatic rings. The average molecular weight is 365 g/mol. The summed E-state index contributed by atoms with van der Waals surface area (Å²) < 4.78 is 5.47. The van der Waals surface area contributed by atoms with E-state index < -0.39 is 17.8 Å². The van der Waals surface area contributed by atoms with E-state index in [1.165, 1.54) is 0 Å². The first-order chi connectivity index (χ1) is 12.9. The largest absolute Gasteiger partial charge is 0.481 e. The SMILES string of the molecule is Cc1nnc(C(CC(=O)O)c2cccc(-c3cccc(CC(N)=O)c3)c2)o1. The van der Waals surface area contributed by atoms with E-state index in [9.17, 15) is 14.7 Å². The van der Waals surface area contributed by atoms with Crippen molar-refractivity contribution in [2.45, 2.75) is 25.7 Å². The van der Waals surface area contributed by atoms with Crippen LogP contribution in [-0.4, -0.2) is 27.2 Å². The Labute approximate surface area is 155 Å². The first-order valence-electron chi connectivity index (χ1n) is 8.41. The molecule has 7 heteroatoms. The van der Waals surface area contributed by atoms with E-state index in [1.807, 2.05) is 48.5 Å². The van der Waals surface area contributed by atoms with Gasteiger partial charge in [-0.25, -0.2) is 0 Å². The van der Waals surface area contributed by atoms with Crippen molar-refractivity contribution in [3.8, 4) is 11.1 Å². The topological polar surface area (TPSA) is 119 Å². The van der Waals surface area contributed by atoms with Crippen molar-refractivity contribution >= 4 is 11.9 Å². The zero-order chi connectivity index (χ0) is 19.4. The standard InChI is InChI=1S/C20H19N3O4/c1-12-22-23-20(27-12)17(11-19(25)26)16-7-3-6-15(10-16)14-5-2-4-13(8-14)9-18(21)24/h2-8,10,17H,9,11H2,1H3,(H2,21,24)(H,25,26). The number of primary amides is 1. The second-order valence-corrected chi connectivity index (χ2v) is 6.28. The number of aliphatic carboxylic acids is 1. The molecular weight excluding hydrogens is 346 g/mol. The molecule has 0 fully saturated rings. The summed E-state index contributed by atoms with van der Waals surface area (Å²) in [5.74, 6) is -1.23. The third kappa shape index (κ3) is 4.58. The number of carboxylic acid groups (broad SMARTS) is 1. The van der Waals surface area contributed by atoms with Crippen LogP contribution in [0.15, 0.2) is 52.9 Å². The van der Waals surface area contributed by atoms with Gasteiger partial charge in [-0.15, -0.1) is 10.2 Å². The fourth-order valence-electron chi connectivity index (χ4n) is 2.97. The third-order valence-electron chi connectivity index (χ3n) is 4.15. The molecule has 0 aliphatic carbocycles. The molecule has 0 aliphatic heterocycles. The second-order valence-electron chi connectivity index (χ2n) is 6.28. The number of hydrogen-bond acceptors (Lipinski definition) is 5. The van der Waals surface area contributed by atoms with Gasteiger partial charge in [0.25, 0.3) is 0 Å². The molecule has 138 valence electrons. The number of carbonyl (C=O) groups is 2. The smallest absolute Gasteiger partial charge is 0.304 e. The molecule has 0 saturated heterocycles. The monoisotopic (exact) mass is 365 g/mol. The van der Waals surface area contributed by atoms with Crippen molar-refractivity contribution in [1.29, 1.82) is 0 Å². The third-order valence-corrected chi connectivity index (χ3v) is 4.15. The Morgan fingerprint density at radius 2 is 1.81 bits per heavy atom. The second kappa shape index (κ2) is 7.82. The van der Waals surface area contributed by atoms with Gasteiger partial charge in [0.2, 0.25) is 17.7 Å². The molecule has 3 N–H and O–H groups in total. The van der Waals surface area contributed by atoms with E-state index in [0.717, 1.165) is 22.3 Å². The molecule has 27 heavy (non-hydrogen) atoms. The molecule has 0 bridgehead atoms. The van der Waals surface area contributed by atoms with Crippen LogP contribution in [0.5, 0.6) is 0 Å². The maximum atomic E-state index is 11.3. The van der Waals surface area contributed by atoms with Gasteiger partial charge in [-0.2, -0.15) is 0 Å². The summed E-state index contributed by atoms with van der Waals surface area (Å²) in [4.78, 5) is 22.5. The van der Waals surface area contributed by atoms with Crippen LogP contribution >= 0.6 is 0 Å². The van der Waals surface area contributed by atoms with Crippen molar-refractivity contribution in [3.05, 3.63) is 71.4 Å². The summed E-state index contributed by atoms with van der Waals surface area (Å²) in [5.41, 5.74) is 8.66. The van der Waals surface area contributed by atoms with Gasteiger partial charge in [0.15, 0.2) is 0 Å². The molecule has 1 aromatic heterocycles. The number of nitrogens with zero attached hydrogens (tertiary/aromatic N) is 2. The predicted molar refractivity (Wildman–Crippen MR) is 97.9 cm³/mol. The number of benzene rings is 2. The predicted octanol–water partition coefficient (Wildman–Crippen LogP) is 2.68. The first kappa shape index (κ1) is 18.3. The number of aryl methyl sites for hydroxylation is 1. The Hall–Kier alpha value is -3.48. The van der Waals surface area contributed by atoms with Crippen LogP contribution < -0.4 is 5.73 Å². The van der Waals surface area contributed by atoms with Crippen molar-refractivity contribution in [2.75, 3.05) is 0 Å². The fourth-order valence-corrected chi connectivity index (χ4v) is 2.97. The zero-order valence-corrected chi connectivity index (χ0v) is 14.8. The van der Waals surface area contributed by atoms with Crippen molar-refractivity contribution in [2.24, 2.45) is 5.73 Å². The van der Waals surface area contributed by atoms with Crippen molar-refractivity contribution in [1.82, 2.24) is 10.2 Å². The van der Waals surface area contributed by atoms with E-state index in [2.05, 4.69) is 10.2 Å². The molecule has 0 saturated carbocycles. The molecule has 0 aliphatic rings. The maximum absolute atomic E-state index is 11.3. The normalized spacial score (nSPS) is 11.9. The van der Waals surface area contributed by atoms with Gasteiger partial charge in [0.05, 0.1) is 18.8 Å². The molecule has 3 rings (SSSR count).